The summed E-state index contributed by atoms with van der Waals surface area (Å²) in [6.45, 7) is 0. The number of hydrogen-bond acceptors (Lipinski definition) is 6. The van der Waals surface area contributed by atoms with Gasteiger partial charge in [-0.25, -0.2) is 9.97 Å². The van der Waals surface area contributed by atoms with Crippen LogP contribution in [0.2, 0.25) is 0 Å². The summed E-state index contributed by atoms with van der Waals surface area (Å²) in [6, 6.07) is 6.36. The molecule has 1 fully saturated rings. The zero-order valence-electron chi connectivity index (χ0n) is 15.8. The zero-order chi connectivity index (χ0) is 20.0. The van der Waals surface area contributed by atoms with Crippen molar-refractivity contribution in [2.24, 2.45) is 13.0 Å². The van der Waals surface area contributed by atoms with Crippen molar-refractivity contribution in [3.63, 3.8) is 0 Å². The summed E-state index contributed by atoms with van der Waals surface area (Å²) in [4.78, 5) is 9.20. The maximum Gasteiger partial charge on any atom is 0.150 e. The van der Waals surface area contributed by atoms with E-state index < -0.39 is 0 Å². The molecule has 1 aliphatic rings. The predicted octanol–water partition coefficient (Wildman–Crippen LogP) is 2.73. The summed E-state index contributed by atoms with van der Waals surface area (Å²) in [5.74, 6) is 1.09. The molecule has 0 aliphatic heterocycles. The van der Waals surface area contributed by atoms with Gasteiger partial charge in [0, 0.05) is 31.1 Å². The molecule has 1 atom stereocenters. The lowest BCUT2D eigenvalue weighted by Gasteiger charge is -2.12. The molecule has 9 nitrogen and oxygen atoms in total. The van der Waals surface area contributed by atoms with Gasteiger partial charge in [-0.05, 0) is 18.8 Å². The zero-order valence-corrected chi connectivity index (χ0v) is 15.8. The summed E-state index contributed by atoms with van der Waals surface area (Å²) in [6.07, 6.45) is 11.5. The molecule has 4 aromatic heterocycles. The first kappa shape index (κ1) is 17.1. The average molecular weight is 383 g/mol. The molecule has 1 aliphatic carbocycles. The van der Waals surface area contributed by atoms with Gasteiger partial charge in [0.05, 0.1) is 48.4 Å². The lowest BCUT2D eigenvalue weighted by Crippen LogP contribution is -2.11. The van der Waals surface area contributed by atoms with Gasteiger partial charge in [0.2, 0.25) is 0 Å². The minimum atomic E-state index is 0.0731. The fourth-order valence-corrected chi connectivity index (χ4v) is 3.67. The number of nitriles is 2. The molecule has 4 aromatic rings. The Kier molecular flexibility index (Phi) is 3.88. The number of fused-ring (bicyclic) bond motifs is 1. The monoisotopic (exact) mass is 383 g/mol. The van der Waals surface area contributed by atoms with Crippen molar-refractivity contribution in [3.05, 3.63) is 42.7 Å². The predicted molar refractivity (Wildman–Crippen MR) is 103 cm³/mol. The molecule has 0 N–H and O–H groups in total. The maximum atomic E-state index is 9.52. The molecule has 5 rings (SSSR count). The third-order valence-corrected chi connectivity index (χ3v) is 5.27. The maximum absolute atomic E-state index is 9.52. The first-order valence-electron chi connectivity index (χ1n) is 9.37. The van der Waals surface area contributed by atoms with Crippen LogP contribution in [-0.4, -0.2) is 33.9 Å². The van der Waals surface area contributed by atoms with Gasteiger partial charge in [0.15, 0.2) is 5.82 Å². The van der Waals surface area contributed by atoms with E-state index in [1.165, 1.54) is 0 Å². The first-order valence-corrected chi connectivity index (χ1v) is 9.37. The van der Waals surface area contributed by atoms with E-state index in [1.54, 1.807) is 27.7 Å². The van der Waals surface area contributed by atoms with Crippen molar-refractivity contribution in [2.75, 3.05) is 0 Å². The van der Waals surface area contributed by atoms with Gasteiger partial charge < -0.3 is 0 Å². The third-order valence-electron chi connectivity index (χ3n) is 5.27. The Morgan fingerprint density at radius 3 is 2.66 bits per heavy atom. The average Bonchev–Trinajstić information content (AvgIpc) is 3.12. The number of imidazole rings is 1. The molecule has 29 heavy (non-hydrogen) atoms. The van der Waals surface area contributed by atoms with Crippen LogP contribution >= 0.6 is 0 Å². The van der Waals surface area contributed by atoms with Crippen molar-refractivity contribution < 1.29 is 0 Å². The molecular formula is C20H17N9. The number of hydrogen-bond donors (Lipinski definition) is 0. The summed E-state index contributed by atoms with van der Waals surface area (Å²) in [5.41, 5.74) is 3.40. The highest BCUT2D eigenvalue weighted by atomic mass is 15.3. The van der Waals surface area contributed by atoms with Crippen LogP contribution < -0.4 is 0 Å². The molecule has 1 unspecified atom stereocenters. The largest absolute Gasteiger partial charge is 0.275 e. The fraction of sp³-hybridized carbons (Fsp3) is 0.300. The topological polar surface area (TPSA) is 113 Å². The van der Waals surface area contributed by atoms with E-state index in [4.69, 9.17) is 4.98 Å². The highest BCUT2D eigenvalue weighted by Gasteiger charge is 2.33. The Morgan fingerprint density at radius 1 is 1.14 bits per heavy atom. The van der Waals surface area contributed by atoms with Crippen LogP contribution in [-0.2, 0) is 7.05 Å². The molecular weight excluding hydrogens is 366 g/mol. The normalized spacial score (nSPS) is 14.6. The standard InChI is InChI=1S/C20H17N9/c1-27-11-14(8-24-27)17-6-19-23-10-16(7-22)29(19)20(26-17)15-9-25-28(12-15)18(4-5-21)13-2-3-13/h6,8-13,18H,2-4H2,1H3. The van der Waals surface area contributed by atoms with Gasteiger partial charge in [-0.15, -0.1) is 0 Å². The van der Waals surface area contributed by atoms with E-state index in [9.17, 15) is 10.5 Å². The smallest absolute Gasteiger partial charge is 0.150 e. The number of nitrogens with zero attached hydrogens (tertiary/aromatic N) is 9. The first-order chi connectivity index (χ1) is 14.2. The Morgan fingerprint density at radius 2 is 1.97 bits per heavy atom. The Labute approximate surface area is 166 Å². The van der Waals surface area contributed by atoms with Crippen LogP contribution in [0.25, 0.3) is 28.3 Å². The quantitative estimate of drug-likeness (QED) is 0.523. The van der Waals surface area contributed by atoms with Crippen LogP contribution in [0.15, 0.2) is 37.1 Å². The van der Waals surface area contributed by atoms with E-state index in [0.717, 1.165) is 29.7 Å². The fourth-order valence-electron chi connectivity index (χ4n) is 3.67. The summed E-state index contributed by atoms with van der Waals surface area (Å²) in [7, 11) is 1.85. The van der Waals surface area contributed by atoms with Crippen molar-refractivity contribution in [3.8, 4) is 34.8 Å². The van der Waals surface area contributed by atoms with Crippen LogP contribution in [0.1, 0.15) is 31.0 Å². The van der Waals surface area contributed by atoms with Gasteiger partial charge in [-0.3, -0.25) is 13.8 Å². The summed E-state index contributed by atoms with van der Waals surface area (Å²) in [5, 5.41) is 27.4. The lowest BCUT2D eigenvalue weighted by atomic mass is 10.1. The molecule has 0 aromatic carbocycles. The molecule has 0 spiro atoms. The second-order valence-corrected chi connectivity index (χ2v) is 7.29. The van der Waals surface area contributed by atoms with Gasteiger partial charge in [0.1, 0.15) is 17.4 Å². The SMILES string of the molecule is Cn1cc(-c2cc3ncc(C#N)n3c(-c3cnn(C(CC#N)C4CC4)c3)n2)cn1. The number of aromatic nitrogens is 7. The second kappa shape index (κ2) is 6.57. The van der Waals surface area contributed by atoms with Crippen molar-refractivity contribution >= 4 is 5.65 Å². The summed E-state index contributed by atoms with van der Waals surface area (Å²) >= 11 is 0. The van der Waals surface area contributed by atoms with E-state index in [1.807, 2.05) is 30.2 Å². The Balaban J connectivity index is 1.66. The van der Waals surface area contributed by atoms with E-state index in [2.05, 4.69) is 27.3 Å². The van der Waals surface area contributed by atoms with Crippen molar-refractivity contribution in [2.45, 2.75) is 25.3 Å². The van der Waals surface area contributed by atoms with E-state index >= 15 is 0 Å². The van der Waals surface area contributed by atoms with E-state index in [-0.39, 0.29) is 6.04 Å². The molecule has 0 saturated heterocycles. The molecule has 0 bridgehead atoms. The molecule has 4 heterocycles. The van der Waals surface area contributed by atoms with Gasteiger partial charge in [0.25, 0.3) is 0 Å². The minimum absolute atomic E-state index is 0.0731. The molecule has 9 heteroatoms. The minimum Gasteiger partial charge on any atom is -0.275 e. The van der Waals surface area contributed by atoms with Gasteiger partial charge in [-0.1, -0.05) is 0 Å². The Hall–Kier alpha value is -3.98. The van der Waals surface area contributed by atoms with Crippen molar-refractivity contribution in [1.82, 2.24) is 33.9 Å². The molecule has 1 saturated carbocycles. The molecule has 0 radical (unpaired) electrons. The summed E-state index contributed by atoms with van der Waals surface area (Å²) < 4.78 is 5.31. The third kappa shape index (κ3) is 2.93. The van der Waals surface area contributed by atoms with Crippen LogP contribution in [0.5, 0.6) is 0 Å². The van der Waals surface area contributed by atoms with Gasteiger partial charge in [-0.2, -0.15) is 20.7 Å². The number of rotatable bonds is 5. The van der Waals surface area contributed by atoms with Crippen LogP contribution in [0, 0.1) is 28.6 Å². The highest BCUT2D eigenvalue weighted by molar-refractivity contribution is 5.69. The Bertz CT molecular complexity index is 1290. The van der Waals surface area contributed by atoms with Gasteiger partial charge >= 0.3 is 0 Å². The lowest BCUT2D eigenvalue weighted by molar-refractivity contribution is 0.412. The van der Waals surface area contributed by atoms with Crippen molar-refractivity contribution in [1.29, 1.82) is 10.5 Å². The molecule has 0 amide bonds. The van der Waals surface area contributed by atoms with Crippen LogP contribution in [0.3, 0.4) is 0 Å². The second-order valence-electron chi connectivity index (χ2n) is 7.29. The molecule has 142 valence electrons. The van der Waals surface area contributed by atoms with E-state index in [0.29, 0.717) is 29.5 Å². The van der Waals surface area contributed by atoms with Crippen LogP contribution in [0.4, 0.5) is 0 Å². The highest BCUT2D eigenvalue weighted by Crippen LogP contribution is 2.41. The number of aryl methyl sites for hydroxylation is 1.